The van der Waals surface area contributed by atoms with Crippen LogP contribution in [-0.2, 0) is 33.2 Å². The first-order chi connectivity index (χ1) is 10.6. The van der Waals surface area contributed by atoms with Crippen LogP contribution in [-0.4, -0.2) is 95.5 Å². The first-order valence-corrected chi connectivity index (χ1v) is 7.06. The normalized spacial score (nSPS) is 11.5. The van der Waals surface area contributed by atoms with Crippen LogP contribution in [0.2, 0.25) is 0 Å². The molecule has 7 nitrogen and oxygen atoms in total. The lowest BCUT2D eigenvalue weighted by atomic mass is 9.92. The van der Waals surface area contributed by atoms with E-state index in [2.05, 4.69) is 0 Å². The summed E-state index contributed by atoms with van der Waals surface area (Å²) in [5.74, 6) is 0. The molecule has 0 atom stereocenters. The highest BCUT2D eigenvalue weighted by Gasteiger charge is 2.30. The van der Waals surface area contributed by atoms with E-state index in [1.165, 1.54) is 0 Å². The monoisotopic (exact) mass is 326 g/mol. The first-order valence-electron chi connectivity index (χ1n) is 7.06. The molecule has 0 aromatic carbocycles. The van der Waals surface area contributed by atoms with Crippen molar-refractivity contribution >= 4 is 0 Å². The zero-order valence-corrected chi connectivity index (χ0v) is 15.2. The maximum atomic E-state index is 5.12. The average Bonchev–Trinajstić information content (AvgIpc) is 2.49. The van der Waals surface area contributed by atoms with Gasteiger partial charge in [0, 0.05) is 49.8 Å². The molecule has 22 heavy (non-hydrogen) atoms. The third-order valence-electron chi connectivity index (χ3n) is 2.84. The average molecular weight is 326 g/mol. The molecule has 0 aromatic heterocycles. The van der Waals surface area contributed by atoms with Crippen LogP contribution in [0.25, 0.3) is 0 Å². The Morgan fingerprint density at radius 1 is 0.545 bits per heavy atom. The van der Waals surface area contributed by atoms with E-state index in [9.17, 15) is 0 Å². The van der Waals surface area contributed by atoms with Crippen LogP contribution in [0.1, 0.15) is 0 Å². The molecule has 0 rings (SSSR count). The summed E-state index contributed by atoms with van der Waals surface area (Å²) in [7, 11) is 11.6. The number of methoxy groups -OCH3 is 7. The Hall–Kier alpha value is -0.280. The van der Waals surface area contributed by atoms with Crippen LogP contribution >= 0.6 is 0 Å². The highest BCUT2D eigenvalue weighted by molar-refractivity contribution is 4.78. The number of rotatable bonds is 13. The van der Waals surface area contributed by atoms with Gasteiger partial charge in [-0.15, -0.1) is 0 Å². The molecule has 0 fully saturated rings. The van der Waals surface area contributed by atoms with Crippen LogP contribution in [0.4, 0.5) is 0 Å². The fraction of sp³-hybridized carbons (Fsp3) is 1.00. The van der Waals surface area contributed by atoms with Gasteiger partial charge in [0.15, 0.2) is 0 Å². The van der Waals surface area contributed by atoms with E-state index in [1.54, 1.807) is 49.8 Å². The van der Waals surface area contributed by atoms with E-state index in [4.69, 9.17) is 33.2 Å². The van der Waals surface area contributed by atoms with Crippen LogP contribution in [0.3, 0.4) is 0 Å². The zero-order valence-electron chi connectivity index (χ0n) is 15.2. The number of ether oxygens (including phenoxy) is 7. The standard InChI is InChI=1S/C9H20O4.C6H14O3/c1-10-5-9(6-11-2,7-12-3)8-13-4;1-7-4-6(9-3)5-8-2/h5-8H2,1-4H3;6H,4-5H2,1-3H3. The summed E-state index contributed by atoms with van der Waals surface area (Å²) in [5.41, 5.74) is -0.188. The number of hydrogen-bond acceptors (Lipinski definition) is 7. The van der Waals surface area contributed by atoms with Gasteiger partial charge in [0.25, 0.3) is 0 Å². The lowest BCUT2D eigenvalue weighted by molar-refractivity contribution is -0.0760. The number of hydrogen-bond donors (Lipinski definition) is 0. The van der Waals surface area contributed by atoms with Gasteiger partial charge in [-0.3, -0.25) is 0 Å². The van der Waals surface area contributed by atoms with Gasteiger partial charge in [0.1, 0.15) is 6.10 Å². The van der Waals surface area contributed by atoms with E-state index < -0.39 is 0 Å². The minimum Gasteiger partial charge on any atom is -0.384 e. The van der Waals surface area contributed by atoms with Gasteiger partial charge in [0.2, 0.25) is 0 Å². The molecule has 0 aliphatic carbocycles. The molecule has 0 amide bonds. The van der Waals surface area contributed by atoms with Gasteiger partial charge in [-0.25, -0.2) is 0 Å². The molecule has 0 bridgehead atoms. The van der Waals surface area contributed by atoms with E-state index >= 15 is 0 Å². The summed E-state index contributed by atoms with van der Waals surface area (Å²) >= 11 is 0. The van der Waals surface area contributed by atoms with Crippen molar-refractivity contribution in [2.24, 2.45) is 5.41 Å². The third kappa shape index (κ3) is 12.3. The zero-order chi connectivity index (χ0) is 17.3. The summed E-state index contributed by atoms with van der Waals surface area (Å²) < 4.78 is 35.2. The van der Waals surface area contributed by atoms with Crippen molar-refractivity contribution in [1.82, 2.24) is 0 Å². The van der Waals surface area contributed by atoms with E-state index in [0.29, 0.717) is 39.6 Å². The van der Waals surface area contributed by atoms with E-state index in [1.807, 2.05) is 0 Å². The third-order valence-corrected chi connectivity index (χ3v) is 2.84. The molecule has 136 valence electrons. The molecule has 0 spiro atoms. The predicted octanol–water partition coefficient (Wildman–Crippen LogP) is 0.853. The quantitative estimate of drug-likeness (QED) is 0.497. The van der Waals surface area contributed by atoms with Crippen LogP contribution in [0, 0.1) is 5.41 Å². The van der Waals surface area contributed by atoms with Crippen molar-refractivity contribution in [2.45, 2.75) is 6.10 Å². The second kappa shape index (κ2) is 17.1. The molecule has 0 aromatic rings. The molecule has 0 saturated carbocycles. The van der Waals surface area contributed by atoms with Crippen molar-refractivity contribution in [3.63, 3.8) is 0 Å². The SMILES string of the molecule is COCC(COC)(COC)COC.COCC(COC)OC. The lowest BCUT2D eigenvalue weighted by Gasteiger charge is -2.30. The highest BCUT2D eigenvalue weighted by atomic mass is 16.5. The van der Waals surface area contributed by atoms with Crippen molar-refractivity contribution in [3.05, 3.63) is 0 Å². The summed E-state index contributed by atoms with van der Waals surface area (Å²) in [5, 5.41) is 0. The van der Waals surface area contributed by atoms with Gasteiger partial charge in [-0.2, -0.15) is 0 Å². The fourth-order valence-corrected chi connectivity index (χ4v) is 2.03. The van der Waals surface area contributed by atoms with Crippen LogP contribution in [0.15, 0.2) is 0 Å². The molecule has 0 radical (unpaired) electrons. The Balaban J connectivity index is 0. The van der Waals surface area contributed by atoms with E-state index in [-0.39, 0.29) is 11.5 Å². The van der Waals surface area contributed by atoms with Gasteiger partial charge in [-0.05, 0) is 0 Å². The van der Waals surface area contributed by atoms with Crippen molar-refractivity contribution in [3.8, 4) is 0 Å². The van der Waals surface area contributed by atoms with Gasteiger partial charge >= 0.3 is 0 Å². The largest absolute Gasteiger partial charge is 0.384 e. The van der Waals surface area contributed by atoms with Gasteiger partial charge in [0.05, 0.1) is 45.1 Å². The molecular formula is C15H34O7. The highest BCUT2D eigenvalue weighted by Crippen LogP contribution is 2.19. The Labute approximate surface area is 135 Å². The molecule has 0 unspecified atom stereocenters. The van der Waals surface area contributed by atoms with Crippen molar-refractivity contribution in [2.75, 3.05) is 89.4 Å². The minimum absolute atomic E-state index is 0.0694. The van der Waals surface area contributed by atoms with Gasteiger partial charge < -0.3 is 33.2 Å². The smallest absolute Gasteiger partial charge is 0.104 e. The molecule has 0 saturated heterocycles. The minimum atomic E-state index is -0.188. The van der Waals surface area contributed by atoms with Gasteiger partial charge in [-0.1, -0.05) is 0 Å². The Morgan fingerprint density at radius 2 is 0.864 bits per heavy atom. The molecule has 0 aliphatic heterocycles. The second-order valence-electron chi connectivity index (χ2n) is 5.00. The fourth-order valence-electron chi connectivity index (χ4n) is 2.03. The van der Waals surface area contributed by atoms with Crippen LogP contribution in [0.5, 0.6) is 0 Å². The molecule has 7 heteroatoms. The maximum Gasteiger partial charge on any atom is 0.104 e. The van der Waals surface area contributed by atoms with Crippen molar-refractivity contribution < 1.29 is 33.2 Å². The lowest BCUT2D eigenvalue weighted by Crippen LogP contribution is -2.40. The van der Waals surface area contributed by atoms with Crippen molar-refractivity contribution in [1.29, 1.82) is 0 Å². The van der Waals surface area contributed by atoms with E-state index in [0.717, 1.165) is 0 Å². The predicted molar refractivity (Wildman–Crippen MR) is 84.5 cm³/mol. The molecule has 0 heterocycles. The topological polar surface area (TPSA) is 64.6 Å². The summed E-state index contributed by atoms with van der Waals surface area (Å²) in [6.45, 7) is 3.46. The summed E-state index contributed by atoms with van der Waals surface area (Å²) in [6, 6.07) is 0. The summed E-state index contributed by atoms with van der Waals surface area (Å²) in [4.78, 5) is 0. The summed E-state index contributed by atoms with van der Waals surface area (Å²) in [6.07, 6.45) is 0.0694. The second-order valence-corrected chi connectivity index (χ2v) is 5.00. The molecule has 0 aliphatic rings. The Kier molecular flexibility index (Phi) is 18.6. The first kappa shape index (κ1) is 24.0. The molecular weight excluding hydrogens is 292 g/mol. The Bertz CT molecular complexity index is 179. The molecule has 0 N–H and O–H groups in total. The maximum absolute atomic E-state index is 5.12. The Morgan fingerprint density at radius 3 is 1.05 bits per heavy atom. The van der Waals surface area contributed by atoms with Crippen LogP contribution < -0.4 is 0 Å².